The molecule has 1 N–H and O–H groups in total. The van der Waals surface area contributed by atoms with Crippen molar-refractivity contribution in [3.05, 3.63) is 0 Å². The Morgan fingerprint density at radius 2 is 2.00 bits per heavy atom. The van der Waals surface area contributed by atoms with E-state index in [9.17, 15) is 0 Å². The Kier molecular flexibility index (Phi) is 1.54. The summed E-state index contributed by atoms with van der Waals surface area (Å²) in [7, 11) is 0. The third kappa shape index (κ3) is 0.936. The first-order chi connectivity index (χ1) is 5.12. The van der Waals surface area contributed by atoms with Gasteiger partial charge in [-0.25, -0.2) is 0 Å². The second-order valence-corrected chi connectivity index (χ2v) is 4.96. The fourth-order valence-electron chi connectivity index (χ4n) is 2.90. The van der Waals surface area contributed by atoms with Crippen LogP contribution >= 0.6 is 0 Å². The molecule has 2 bridgehead atoms. The number of fused-ring (bicyclic) bond motifs is 2. The predicted octanol–water partition coefficient (Wildman–Crippen LogP) is 1.89. The zero-order valence-electron chi connectivity index (χ0n) is 7.85. The van der Waals surface area contributed by atoms with E-state index in [4.69, 9.17) is 0 Å². The summed E-state index contributed by atoms with van der Waals surface area (Å²) in [4.78, 5) is 0. The fourth-order valence-corrected chi connectivity index (χ4v) is 2.90. The minimum atomic E-state index is 0.591. The van der Waals surface area contributed by atoms with Crippen LogP contribution in [0.2, 0.25) is 0 Å². The molecule has 0 aromatic carbocycles. The third-order valence-corrected chi connectivity index (χ3v) is 4.32. The molecule has 3 unspecified atom stereocenters. The Morgan fingerprint density at radius 1 is 1.27 bits per heavy atom. The maximum absolute atomic E-state index is 3.53. The van der Waals surface area contributed by atoms with E-state index >= 15 is 0 Å². The van der Waals surface area contributed by atoms with Gasteiger partial charge in [-0.15, -0.1) is 0 Å². The summed E-state index contributed by atoms with van der Waals surface area (Å²) in [5.41, 5.74) is 0.591. The van der Waals surface area contributed by atoms with Gasteiger partial charge in [0.15, 0.2) is 0 Å². The van der Waals surface area contributed by atoms with Crippen molar-refractivity contribution in [3.63, 3.8) is 0 Å². The van der Waals surface area contributed by atoms with Crippen LogP contribution in [-0.2, 0) is 0 Å². The van der Waals surface area contributed by atoms with Crippen molar-refractivity contribution < 1.29 is 0 Å². The average molecular weight is 153 g/mol. The van der Waals surface area contributed by atoms with E-state index < -0.39 is 0 Å². The highest BCUT2D eigenvalue weighted by molar-refractivity contribution is 4.99. The molecule has 0 aromatic heterocycles. The average Bonchev–Trinajstić information content (AvgIpc) is 2.15. The first-order valence-electron chi connectivity index (χ1n) is 4.83. The number of hydrogen-bond acceptors (Lipinski definition) is 1. The summed E-state index contributed by atoms with van der Waals surface area (Å²) in [5.74, 6) is 2.82. The molecule has 1 heteroatoms. The molecule has 1 aliphatic heterocycles. The summed E-state index contributed by atoms with van der Waals surface area (Å²) < 4.78 is 0. The Balaban J connectivity index is 2.24. The monoisotopic (exact) mass is 153 g/mol. The molecular weight excluding hydrogens is 134 g/mol. The molecule has 0 radical (unpaired) electrons. The molecule has 1 heterocycles. The van der Waals surface area contributed by atoms with Crippen LogP contribution in [0.15, 0.2) is 0 Å². The Bertz CT molecular complexity index is 158. The molecule has 1 aliphatic carbocycles. The van der Waals surface area contributed by atoms with Crippen LogP contribution in [0, 0.1) is 23.2 Å². The normalized spacial score (nSPS) is 47.7. The van der Waals surface area contributed by atoms with Gasteiger partial charge in [-0.3, -0.25) is 0 Å². The summed E-state index contributed by atoms with van der Waals surface area (Å²) in [6, 6.07) is 0. The minimum absolute atomic E-state index is 0.591. The van der Waals surface area contributed by atoms with Gasteiger partial charge in [0.1, 0.15) is 0 Å². The first-order valence-corrected chi connectivity index (χ1v) is 4.83. The van der Waals surface area contributed by atoms with Gasteiger partial charge in [0.2, 0.25) is 0 Å². The van der Waals surface area contributed by atoms with E-state index in [1.807, 2.05) is 0 Å². The molecule has 11 heavy (non-hydrogen) atoms. The lowest BCUT2D eigenvalue weighted by molar-refractivity contribution is 0.201. The summed E-state index contributed by atoms with van der Waals surface area (Å²) in [5, 5.41) is 3.53. The number of rotatable bonds is 0. The van der Waals surface area contributed by atoms with E-state index in [2.05, 4.69) is 26.1 Å². The number of piperidine rings is 1. The van der Waals surface area contributed by atoms with Crippen LogP contribution in [0.1, 0.15) is 27.2 Å². The summed E-state index contributed by atoms with van der Waals surface area (Å²) >= 11 is 0. The molecule has 1 nitrogen and oxygen atoms in total. The summed E-state index contributed by atoms with van der Waals surface area (Å²) in [6.07, 6.45) is 1.47. The van der Waals surface area contributed by atoms with E-state index in [1.165, 1.54) is 19.5 Å². The second kappa shape index (κ2) is 2.22. The first kappa shape index (κ1) is 7.60. The molecule has 1 saturated carbocycles. The topological polar surface area (TPSA) is 12.0 Å². The number of nitrogens with one attached hydrogen (secondary N) is 1. The van der Waals surface area contributed by atoms with Gasteiger partial charge in [0, 0.05) is 0 Å². The SMILES string of the molecule is CC1C2CNCC(C2)C1(C)C. The largest absolute Gasteiger partial charge is 0.316 e. The van der Waals surface area contributed by atoms with Gasteiger partial charge < -0.3 is 5.32 Å². The maximum Gasteiger partial charge on any atom is -0.00151 e. The zero-order valence-corrected chi connectivity index (χ0v) is 7.85. The van der Waals surface area contributed by atoms with Crippen LogP contribution in [0.4, 0.5) is 0 Å². The van der Waals surface area contributed by atoms with Crippen molar-refractivity contribution in [1.29, 1.82) is 0 Å². The molecule has 0 amide bonds. The van der Waals surface area contributed by atoms with Crippen LogP contribution < -0.4 is 5.32 Å². The van der Waals surface area contributed by atoms with Gasteiger partial charge >= 0.3 is 0 Å². The Morgan fingerprint density at radius 3 is 2.55 bits per heavy atom. The maximum atomic E-state index is 3.53. The molecule has 64 valence electrons. The molecule has 1 saturated heterocycles. The van der Waals surface area contributed by atoms with Gasteiger partial charge in [-0.2, -0.15) is 0 Å². The van der Waals surface area contributed by atoms with E-state index in [0.717, 1.165) is 17.8 Å². The van der Waals surface area contributed by atoms with E-state index in [-0.39, 0.29) is 0 Å². The summed E-state index contributed by atoms with van der Waals surface area (Å²) in [6.45, 7) is 9.83. The Labute approximate surface area is 69.6 Å². The molecule has 2 aliphatic rings. The van der Waals surface area contributed by atoms with Gasteiger partial charge in [0.25, 0.3) is 0 Å². The van der Waals surface area contributed by atoms with E-state index in [1.54, 1.807) is 0 Å². The van der Waals surface area contributed by atoms with Gasteiger partial charge in [-0.05, 0) is 42.7 Å². The van der Waals surface area contributed by atoms with Crippen LogP contribution in [0.5, 0.6) is 0 Å². The lowest BCUT2D eigenvalue weighted by atomic mass is 9.76. The predicted molar refractivity (Wildman–Crippen MR) is 47.4 cm³/mol. The fraction of sp³-hybridized carbons (Fsp3) is 1.00. The number of hydrogen-bond donors (Lipinski definition) is 1. The van der Waals surface area contributed by atoms with Crippen LogP contribution in [-0.4, -0.2) is 13.1 Å². The highest BCUT2D eigenvalue weighted by atomic mass is 14.9. The van der Waals surface area contributed by atoms with Crippen LogP contribution in [0.3, 0.4) is 0 Å². The minimum Gasteiger partial charge on any atom is -0.316 e. The van der Waals surface area contributed by atoms with Crippen molar-refractivity contribution in [2.75, 3.05) is 13.1 Å². The van der Waals surface area contributed by atoms with Crippen molar-refractivity contribution in [2.45, 2.75) is 27.2 Å². The van der Waals surface area contributed by atoms with Gasteiger partial charge in [-0.1, -0.05) is 20.8 Å². The van der Waals surface area contributed by atoms with Crippen molar-refractivity contribution in [3.8, 4) is 0 Å². The molecular formula is C10H19N. The molecule has 0 aromatic rings. The Hall–Kier alpha value is -0.0400. The highest BCUT2D eigenvalue weighted by Gasteiger charge is 2.47. The van der Waals surface area contributed by atoms with Crippen LogP contribution in [0.25, 0.3) is 0 Å². The van der Waals surface area contributed by atoms with Crippen molar-refractivity contribution in [1.82, 2.24) is 5.32 Å². The molecule has 2 fully saturated rings. The smallest absolute Gasteiger partial charge is 0.00151 e. The highest BCUT2D eigenvalue weighted by Crippen LogP contribution is 2.51. The second-order valence-electron chi connectivity index (χ2n) is 4.96. The molecule has 3 atom stereocenters. The quantitative estimate of drug-likeness (QED) is 0.560. The lowest BCUT2D eigenvalue weighted by Crippen LogP contribution is -2.33. The molecule has 2 rings (SSSR count). The standard InChI is InChI=1S/C10H19N/c1-7-8-4-9(6-11-5-8)10(7,2)3/h7-9,11H,4-6H2,1-3H3. The third-order valence-electron chi connectivity index (χ3n) is 4.32. The molecule has 0 spiro atoms. The van der Waals surface area contributed by atoms with Crippen molar-refractivity contribution >= 4 is 0 Å². The van der Waals surface area contributed by atoms with Gasteiger partial charge in [0.05, 0.1) is 0 Å². The van der Waals surface area contributed by atoms with E-state index in [0.29, 0.717) is 5.41 Å². The zero-order chi connectivity index (χ0) is 8.06. The lowest BCUT2D eigenvalue weighted by Gasteiger charge is -2.30. The van der Waals surface area contributed by atoms with Crippen molar-refractivity contribution in [2.24, 2.45) is 23.2 Å².